The molecule has 0 aliphatic carbocycles. The van der Waals surface area contributed by atoms with Crippen LogP contribution in [0.5, 0.6) is 5.88 Å². The van der Waals surface area contributed by atoms with E-state index in [9.17, 15) is 4.39 Å². The van der Waals surface area contributed by atoms with Gasteiger partial charge in [-0.2, -0.15) is 4.98 Å². The maximum absolute atomic E-state index is 13.6. The van der Waals surface area contributed by atoms with Crippen molar-refractivity contribution in [3.8, 4) is 5.88 Å². The summed E-state index contributed by atoms with van der Waals surface area (Å²) in [6.45, 7) is 7.13. The molecule has 0 spiro atoms. The van der Waals surface area contributed by atoms with Gasteiger partial charge in [0, 0.05) is 24.6 Å². The summed E-state index contributed by atoms with van der Waals surface area (Å²) < 4.78 is 19.3. The van der Waals surface area contributed by atoms with Crippen LogP contribution in [0.4, 0.5) is 10.2 Å². The third kappa shape index (κ3) is 4.69. The largest absolute Gasteiger partial charge is 0.477 e. The molecule has 2 rings (SSSR count). The normalized spacial score (nSPS) is 10.8. The van der Waals surface area contributed by atoms with E-state index in [0.717, 1.165) is 0 Å². The summed E-state index contributed by atoms with van der Waals surface area (Å²) in [5.74, 6) is 2.11. The van der Waals surface area contributed by atoms with Crippen LogP contribution in [0.15, 0.2) is 30.3 Å². The van der Waals surface area contributed by atoms with Crippen molar-refractivity contribution in [2.45, 2.75) is 33.7 Å². The van der Waals surface area contributed by atoms with E-state index in [2.05, 4.69) is 29.1 Å². The van der Waals surface area contributed by atoms with Gasteiger partial charge in [0.2, 0.25) is 5.88 Å². The number of hydrogen-bond acceptors (Lipinski definition) is 4. The first kappa shape index (κ1) is 16.2. The summed E-state index contributed by atoms with van der Waals surface area (Å²) in [6.07, 6.45) is 0.716. The Kier molecular flexibility index (Phi) is 5.69. The molecule has 0 aliphatic rings. The highest BCUT2D eigenvalue weighted by Crippen LogP contribution is 2.16. The maximum Gasteiger partial charge on any atom is 0.218 e. The minimum atomic E-state index is -0.226. The average Bonchev–Trinajstić information content (AvgIpc) is 2.52. The second-order valence-corrected chi connectivity index (χ2v) is 5.51. The zero-order valence-electron chi connectivity index (χ0n) is 13.3. The van der Waals surface area contributed by atoms with Crippen molar-refractivity contribution in [3.05, 3.63) is 47.5 Å². The first-order valence-corrected chi connectivity index (χ1v) is 7.56. The summed E-state index contributed by atoms with van der Waals surface area (Å²) in [7, 11) is 0. The Morgan fingerprint density at radius 1 is 1.23 bits per heavy atom. The number of nitrogens with zero attached hydrogens (tertiary/aromatic N) is 2. The summed E-state index contributed by atoms with van der Waals surface area (Å²) in [5.41, 5.74) is 0.601. The van der Waals surface area contributed by atoms with Gasteiger partial charge in [-0.15, -0.1) is 0 Å². The molecule has 1 heterocycles. The maximum atomic E-state index is 13.6. The average molecular weight is 303 g/mol. The number of aromatic nitrogens is 2. The van der Waals surface area contributed by atoms with Crippen LogP contribution >= 0.6 is 0 Å². The Hall–Kier alpha value is -2.17. The predicted molar refractivity (Wildman–Crippen MR) is 85.5 cm³/mol. The van der Waals surface area contributed by atoms with E-state index in [1.54, 1.807) is 18.2 Å². The number of hydrogen-bond donors (Lipinski definition) is 1. The van der Waals surface area contributed by atoms with Crippen LogP contribution in [0.3, 0.4) is 0 Å². The molecule has 1 aromatic carbocycles. The number of ether oxygens (including phenoxy) is 1. The van der Waals surface area contributed by atoms with Crippen molar-refractivity contribution >= 4 is 5.82 Å². The first-order valence-electron chi connectivity index (χ1n) is 7.56. The van der Waals surface area contributed by atoms with Crippen LogP contribution in [0.1, 0.15) is 32.2 Å². The molecule has 0 saturated carbocycles. The Balaban J connectivity index is 2.09. The lowest BCUT2D eigenvalue weighted by Crippen LogP contribution is -2.09. The van der Waals surface area contributed by atoms with E-state index in [-0.39, 0.29) is 5.82 Å². The molecule has 22 heavy (non-hydrogen) atoms. The lowest BCUT2D eigenvalue weighted by atomic mass is 10.2. The van der Waals surface area contributed by atoms with Crippen LogP contribution in [0.2, 0.25) is 0 Å². The van der Waals surface area contributed by atoms with Gasteiger partial charge in [0.15, 0.2) is 0 Å². The SMILES string of the molecule is CCc1nc(NCc2ccccc2F)cc(OCC(C)C)n1. The lowest BCUT2D eigenvalue weighted by Gasteiger charge is -2.12. The van der Waals surface area contributed by atoms with Crippen molar-refractivity contribution in [2.75, 3.05) is 11.9 Å². The van der Waals surface area contributed by atoms with Gasteiger partial charge < -0.3 is 10.1 Å². The molecule has 0 aliphatic heterocycles. The summed E-state index contributed by atoms with van der Waals surface area (Å²) in [5, 5.41) is 3.13. The van der Waals surface area contributed by atoms with Gasteiger partial charge in [0.05, 0.1) is 6.61 Å². The molecular weight excluding hydrogens is 281 g/mol. The quantitative estimate of drug-likeness (QED) is 0.844. The zero-order chi connectivity index (χ0) is 15.9. The Labute approximate surface area is 130 Å². The van der Waals surface area contributed by atoms with Crippen LogP contribution in [-0.2, 0) is 13.0 Å². The van der Waals surface area contributed by atoms with Crippen molar-refractivity contribution in [1.82, 2.24) is 9.97 Å². The Bertz CT molecular complexity index is 617. The number of benzene rings is 1. The number of nitrogens with one attached hydrogen (secondary N) is 1. The van der Waals surface area contributed by atoms with Gasteiger partial charge >= 0.3 is 0 Å². The van der Waals surface area contributed by atoms with Crippen molar-refractivity contribution < 1.29 is 9.13 Å². The van der Waals surface area contributed by atoms with Gasteiger partial charge in [-0.1, -0.05) is 39.0 Å². The molecule has 4 nitrogen and oxygen atoms in total. The van der Waals surface area contributed by atoms with Crippen LogP contribution < -0.4 is 10.1 Å². The lowest BCUT2D eigenvalue weighted by molar-refractivity contribution is 0.260. The highest BCUT2D eigenvalue weighted by Gasteiger charge is 2.07. The number of anilines is 1. The van der Waals surface area contributed by atoms with E-state index in [1.165, 1.54) is 6.07 Å². The fourth-order valence-electron chi connectivity index (χ4n) is 1.87. The van der Waals surface area contributed by atoms with Crippen molar-refractivity contribution in [1.29, 1.82) is 0 Å². The molecule has 2 aromatic rings. The van der Waals surface area contributed by atoms with E-state index < -0.39 is 0 Å². The minimum Gasteiger partial charge on any atom is -0.477 e. The molecule has 118 valence electrons. The van der Waals surface area contributed by atoms with Crippen molar-refractivity contribution in [2.24, 2.45) is 5.92 Å². The molecule has 0 saturated heterocycles. The molecule has 0 unspecified atom stereocenters. The van der Waals surface area contributed by atoms with E-state index in [0.29, 0.717) is 48.6 Å². The van der Waals surface area contributed by atoms with E-state index in [4.69, 9.17) is 4.74 Å². The number of halogens is 1. The molecular formula is C17H22FN3O. The summed E-state index contributed by atoms with van der Waals surface area (Å²) >= 11 is 0. The third-order valence-electron chi connectivity index (χ3n) is 3.05. The number of aryl methyl sites for hydroxylation is 1. The van der Waals surface area contributed by atoms with Crippen LogP contribution in [0, 0.1) is 11.7 Å². The highest BCUT2D eigenvalue weighted by atomic mass is 19.1. The molecule has 0 radical (unpaired) electrons. The molecule has 5 heteroatoms. The van der Waals surface area contributed by atoms with Gasteiger partial charge in [-0.25, -0.2) is 9.37 Å². The smallest absolute Gasteiger partial charge is 0.218 e. The fraction of sp³-hybridized carbons (Fsp3) is 0.412. The molecule has 1 N–H and O–H groups in total. The standard InChI is InChI=1S/C17H22FN3O/c1-4-15-20-16(9-17(21-15)22-11-12(2)3)19-10-13-7-5-6-8-14(13)18/h5-9,12H,4,10-11H2,1-3H3,(H,19,20,21). The highest BCUT2D eigenvalue weighted by molar-refractivity contribution is 5.39. The summed E-state index contributed by atoms with van der Waals surface area (Å²) in [4.78, 5) is 8.75. The second-order valence-electron chi connectivity index (χ2n) is 5.51. The molecule has 0 fully saturated rings. The monoisotopic (exact) mass is 303 g/mol. The molecule has 0 atom stereocenters. The third-order valence-corrected chi connectivity index (χ3v) is 3.05. The fourth-order valence-corrected chi connectivity index (χ4v) is 1.87. The van der Waals surface area contributed by atoms with Gasteiger partial charge in [0.1, 0.15) is 17.5 Å². The number of rotatable bonds is 7. The Morgan fingerprint density at radius 2 is 2.00 bits per heavy atom. The predicted octanol–water partition coefficient (Wildman–Crippen LogP) is 3.83. The van der Waals surface area contributed by atoms with E-state index >= 15 is 0 Å². The van der Waals surface area contributed by atoms with Crippen molar-refractivity contribution in [3.63, 3.8) is 0 Å². The molecule has 0 amide bonds. The van der Waals surface area contributed by atoms with Gasteiger partial charge in [0.25, 0.3) is 0 Å². The van der Waals surface area contributed by atoms with E-state index in [1.807, 2.05) is 13.0 Å². The zero-order valence-corrected chi connectivity index (χ0v) is 13.3. The minimum absolute atomic E-state index is 0.226. The van der Waals surface area contributed by atoms with Crippen LogP contribution in [0.25, 0.3) is 0 Å². The Morgan fingerprint density at radius 3 is 2.68 bits per heavy atom. The molecule has 1 aromatic heterocycles. The second kappa shape index (κ2) is 7.73. The first-order chi connectivity index (χ1) is 10.6. The van der Waals surface area contributed by atoms with Gasteiger partial charge in [-0.3, -0.25) is 0 Å². The molecule has 0 bridgehead atoms. The topological polar surface area (TPSA) is 47.0 Å². The van der Waals surface area contributed by atoms with Crippen LogP contribution in [-0.4, -0.2) is 16.6 Å². The summed E-state index contributed by atoms with van der Waals surface area (Å²) in [6, 6.07) is 8.44. The van der Waals surface area contributed by atoms with Gasteiger partial charge in [-0.05, 0) is 12.0 Å².